The normalized spacial score (nSPS) is 15.7. The van der Waals surface area contributed by atoms with E-state index < -0.39 is 0 Å². The van der Waals surface area contributed by atoms with E-state index in [-0.39, 0.29) is 5.91 Å². The van der Waals surface area contributed by atoms with Crippen molar-refractivity contribution in [3.8, 4) is 11.5 Å². The van der Waals surface area contributed by atoms with Crippen molar-refractivity contribution in [1.29, 1.82) is 0 Å². The van der Waals surface area contributed by atoms with Gasteiger partial charge in [-0.05, 0) is 49.7 Å². The molecule has 0 aromatic heterocycles. The lowest BCUT2D eigenvalue weighted by atomic mass is 10.1. The summed E-state index contributed by atoms with van der Waals surface area (Å²) in [6.07, 6.45) is 5.19. The van der Waals surface area contributed by atoms with Crippen LogP contribution in [0.2, 0.25) is 0 Å². The summed E-state index contributed by atoms with van der Waals surface area (Å²) in [6, 6.07) is 5.45. The average Bonchev–Trinajstić information content (AvgIpc) is 2.55. The molecule has 0 aliphatic carbocycles. The molecule has 1 aromatic carbocycles. The maximum Gasteiger partial charge on any atom is 0.254 e. The van der Waals surface area contributed by atoms with E-state index in [0.717, 1.165) is 18.7 Å². The van der Waals surface area contributed by atoms with E-state index in [0.29, 0.717) is 18.0 Å². The Kier molecular flexibility index (Phi) is 6.21. The van der Waals surface area contributed by atoms with Gasteiger partial charge in [-0.3, -0.25) is 9.69 Å². The fraction of sp³-hybridized carbons (Fsp3) is 0.500. The number of carbonyl (C=O) groups excluding carboxylic acids is 1. The maximum absolute atomic E-state index is 11.8. The van der Waals surface area contributed by atoms with Crippen molar-refractivity contribution in [2.45, 2.75) is 19.3 Å². The van der Waals surface area contributed by atoms with Gasteiger partial charge >= 0.3 is 0 Å². The Balaban J connectivity index is 1.84. The number of nitrogens with zero attached hydrogens (tertiary/aromatic N) is 2. The number of hydrazone groups is 1. The first-order valence-electron chi connectivity index (χ1n) is 7.49. The van der Waals surface area contributed by atoms with Gasteiger partial charge < -0.3 is 9.47 Å². The lowest BCUT2D eigenvalue weighted by molar-refractivity contribution is -0.122. The number of ether oxygens (including phenoxy) is 2. The van der Waals surface area contributed by atoms with Crippen LogP contribution in [0.5, 0.6) is 11.5 Å². The summed E-state index contributed by atoms with van der Waals surface area (Å²) in [7, 11) is 3.17. The topological polar surface area (TPSA) is 63.2 Å². The second kappa shape index (κ2) is 8.38. The zero-order valence-corrected chi connectivity index (χ0v) is 13.2. The molecule has 0 unspecified atom stereocenters. The highest BCUT2D eigenvalue weighted by Gasteiger charge is 2.13. The molecule has 6 nitrogen and oxygen atoms in total. The molecule has 1 N–H and O–H groups in total. The van der Waals surface area contributed by atoms with Crippen LogP contribution >= 0.6 is 0 Å². The van der Waals surface area contributed by atoms with Crippen molar-refractivity contribution in [1.82, 2.24) is 10.3 Å². The van der Waals surface area contributed by atoms with Gasteiger partial charge in [-0.25, -0.2) is 5.43 Å². The molecule has 1 amide bonds. The summed E-state index contributed by atoms with van der Waals surface area (Å²) < 4.78 is 10.4. The first kappa shape index (κ1) is 16.3. The molecule has 1 aliphatic rings. The van der Waals surface area contributed by atoms with Gasteiger partial charge in [0, 0.05) is 0 Å². The van der Waals surface area contributed by atoms with E-state index in [4.69, 9.17) is 9.47 Å². The summed E-state index contributed by atoms with van der Waals surface area (Å²) >= 11 is 0. The number of hydrogen-bond donors (Lipinski definition) is 1. The van der Waals surface area contributed by atoms with Crippen molar-refractivity contribution < 1.29 is 14.3 Å². The molecule has 0 spiro atoms. The second-order valence-electron chi connectivity index (χ2n) is 5.24. The fourth-order valence-corrected chi connectivity index (χ4v) is 2.47. The SMILES string of the molecule is COc1ccc(/C=N\NC(=O)CN2CCCCC2)cc1OC. The van der Waals surface area contributed by atoms with Gasteiger partial charge in [0.25, 0.3) is 5.91 Å². The second-order valence-corrected chi connectivity index (χ2v) is 5.24. The van der Waals surface area contributed by atoms with E-state index in [1.807, 2.05) is 6.07 Å². The Morgan fingerprint density at radius 2 is 1.95 bits per heavy atom. The monoisotopic (exact) mass is 305 g/mol. The first-order valence-corrected chi connectivity index (χ1v) is 7.49. The largest absolute Gasteiger partial charge is 0.493 e. The average molecular weight is 305 g/mol. The van der Waals surface area contributed by atoms with Gasteiger partial charge in [0.2, 0.25) is 0 Å². The standard InChI is InChI=1S/C16H23N3O3/c1-21-14-7-6-13(10-15(14)22-2)11-17-18-16(20)12-19-8-4-3-5-9-19/h6-7,10-11H,3-5,8-9,12H2,1-2H3,(H,18,20)/b17-11-. The van der Waals surface area contributed by atoms with Crippen molar-refractivity contribution >= 4 is 12.1 Å². The highest BCUT2D eigenvalue weighted by molar-refractivity contribution is 5.83. The predicted octanol–water partition coefficient (Wildman–Crippen LogP) is 1.64. The van der Waals surface area contributed by atoms with E-state index in [9.17, 15) is 4.79 Å². The third-order valence-electron chi connectivity index (χ3n) is 3.63. The number of methoxy groups -OCH3 is 2. The van der Waals surface area contributed by atoms with Gasteiger partial charge in [-0.15, -0.1) is 0 Å². The van der Waals surface area contributed by atoms with Crippen LogP contribution in [0.15, 0.2) is 23.3 Å². The van der Waals surface area contributed by atoms with Crippen LogP contribution in [-0.4, -0.2) is 50.9 Å². The molecule has 1 fully saturated rings. The Morgan fingerprint density at radius 3 is 2.64 bits per heavy atom. The van der Waals surface area contributed by atoms with E-state index in [2.05, 4.69) is 15.4 Å². The van der Waals surface area contributed by atoms with E-state index >= 15 is 0 Å². The summed E-state index contributed by atoms with van der Waals surface area (Å²) in [4.78, 5) is 14.0. The number of amides is 1. The molecule has 0 saturated carbocycles. The lowest BCUT2D eigenvalue weighted by Crippen LogP contribution is -2.38. The van der Waals surface area contributed by atoms with E-state index in [1.54, 1.807) is 32.6 Å². The third kappa shape index (κ3) is 4.73. The van der Waals surface area contributed by atoms with Gasteiger partial charge in [0.05, 0.1) is 27.0 Å². The molecule has 6 heteroatoms. The van der Waals surface area contributed by atoms with Gasteiger partial charge in [-0.2, -0.15) is 5.10 Å². The Bertz CT molecular complexity index is 525. The smallest absolute Gasteiger partial charge is 0.254 e. The van der Waals surface area contributed by atoms with Crippen molar-refractivity contribution in [2.24, 2.45) is 5.10 Å². The Morgan fingerprint density at radius 1 is 1.23 bits per heavy atom. The summed E-state index contributed by atoms with van der Waals surface area (Å²) in [5.41, 5.74) is 3.39. The Hall–Kier alpha value is -2.08. The fourth-order valence-electron chi connectivity index (χ4n) is 2.47. The van der Waals surface area contributed by atoms with Crippen molar-refractivity contribution in [2.75, 3.05) is 33.9 Å². The molecule has 0 radical (unpaired) electrons. The highest BCUT2D eigenvalue weighted by atomic mass is 16.5. The molecule has 1 saturated heterocycles. The van der Waals surface area contributed by atoms with Crippen LogP contribution in [0, 0.1) is 0 Å². The minimum atomic E-state index is -0.0846. The number of piperidine rings is 1. The van der Waals surface area contributed by atoms with Crippen molar-refractivity contribution in [3.05, 3.63) is 23.8 Å². The molecule has 0 bridgehead atoms. The molecule has 1 heterocycles. The quantitative estimate of drug-likeness (QED) is 0.641. The first-order chi connectivity index (χ1) is 10.7. The van der Waals surface area contributed by atoms with Crippen LogP contribution < -0.4 is 14.9 Å². The minimum Gasteiger partial charge on any atom is -0.493 e. The number of likely N-dealkylation sites (tertiary alicyclic amines) is 1. The molecule has 22 heavy (non-hydrogen) atoms. The molecule has 2 rings (SSSR count). The van der Waals surface area contributed by atoms with Crippen LogP contribution in [0.3, 0.4) is 0 Å². The minimum absolute atomic E-state index is 0.0846. The molecule has 1 aromatic rings. The number of carbonyl (C=O) groups is 1. The number of rotatable bonds is 6. The zero-order valence-electron chi connectivity index (χ0n) is 13.2. The molecular weight excluding hydrogens is 282 g/mol. The molecule has 0 atom stereocenters. The lowest BCUT2D eigenvalue weighted by Gasteiger charge is -2.25. The molecule has 1 aliphatic heterocycles. The zero-order chi connectivity index (χ0) is 15.8. The van der Waals surface area contributed by atoms with Gasteiger partial charge in [-0.1, -0.05) is 6.42 Å². The summed E-state index contributed by atoms with van der Waals surface area (Å²) in [5.74, 6) is 1.21. The number of hydrogen-bond acceptors (Lipinski definition) is 5. The van der Waals surface area contributed by atoms with Crippen LogP contribution in [0.4, 0.5) is 0 Å². The Labute approximate surface area is 131 Å². The van der Waals surface area contributed by atoms with Crippen LogP contribution in [-0.2, 0) is 4.79 Å². The summed E-state index contributed by atoms with van der Waals surface area (Å²) in [5, 5.41) is 3.99. The number of nitrogens with one attached hydrogen (secondary N) is 1. The number of benzene rings is 1. The van der Waals surface area contributed by atoms with Crippen LogP contribution in [0.1, 0.15) is 24.8 Å². The van der Waals surface area contributed by atoms with Crippen molar-refractivity contribution in [3.63, 3.8) is 0 Å². The van der Waals surface area contributed by atoms with Gasteiger partial charge in [0.1, 0.15) is 0 Å². The molecular formula is C16H23N3O3. The highest BCUT2D eigenvalue weighted by Crippen LogP contribution is 2.26. The summed E-state index contributed by atoms with van der Waals surface area (Å²) in [6.45, 7) is 2.39. The van der Waals surface area contributed by atoms with Crippen LogP contribution in [0.25, 0.3) is 0 Å². The van der Waals surface area contributed by atoms with Gasteiger partial charge in [0.15, 0.2) is 11.5 Å². The maximum atomic E-state index is 11.8. The predicted molar refractivity (Wildman–Crippen MR) is 85.6 cm³/mol. The third-order valence-corrected chi connectivity index (χ3v) is 3.63. The molecule has 120 valence electrons. The van der Waals surface area contributed by atoms with E-state index in [1.165, 1.54) is 19.3 Å².